The van der Waals surface area contributed by atoms with Crippen LogP contribution < -0.4 is 11.1 Å². The summed E-state index contributed by atoms with van der Waals surface area (Å²) < 4.78 is 0. The van der Waals surface area contributed by atoms with Gasteiger partial charge in [0.15, 0.2) is 0 Å². The topological polar surface area (TPSA) is 75.4 Å². The Morgan fingerprint density at radius 2 is 1.50 bits per heavy atom. The zero-order chi connectivity index (χ0) is 23.7. The second-order valence-corrected chi connectivity index (χ2v) is 9.13. The molecular formula is C28H25N3O2S. The van der Waals surface area contributed by atoms with Crippen LogP contribution in [0.5, 0.6) is 0 Å². The van der Waals surface area contributed by atoms with Crippen LogP contribution in [-0.4, -0.2) is 36.1 Å². The van der Waals surface area contributed by atoms with Crippen molar-refractivity contribution in [1.29, 1.82) is 0 Å². The highest BCUT2D eigenvalue weighted by Gasteiger charge is 2.32. The van der Waals surface area contributed by atoms with Crippen molar-refractivity contribution in [3.05, 3.63) is 90.0 Å². The van der Waals surface area contributed by atoms with Crippen LogP contribution in [0.4, 0.5) is 11.4 Å². The molecule has 3 N–H and O–H groups in total. The van der Waals surface area contributed by atoms with Crippen molar-refractivity contribution in [3.63, 3.8) is 0 Å². The van der Waals surface area contributed by atoms with E-state index in [1.54, 1.807) is 23.9 Å². The largest absolute Gasteiger partial charge is 0.398 e. The highest BCUT2D eigenvalue weighted by atomic mass is 32.2. The van der Waals surface area contributed by atoms with E-state index in [1.165, 1.54) is 4.90 Å². The molecule has 4 aromatic rings. The Balaban J connectivity index is 1.21. The van der Waals surface area contributed by atoms with Crippen molar-refractivity contribution in [3.8, 4) is 11.1 Å². The average Bonchev–Trinajstić information content (AvgIpc) is 2.87. The van der Waals surface area contributed by atoms with Gasteiger partial charge in [0.25, 0.3) is 11.8 Å². The molecule has 6 heteroatoms. The van der Waals surface area contributed by atoms with Gasteiger partial charge in [-0.25, -0.2) is 0 Å². The van der Waals surface area contributed by atoms with Crippen LogP contribution in [0.3, 0.4) is 0 Å². The Morgan fingerprint density at radius 3 is 2.15 bits per heavy atom. The van der Waals surface area contributed by atoms with Gasteiger partial charge in [0.2, 0.25) is 0 Å². The smallest absolute Gasteiger partial charge is 0.261 e. The van der Waals surface area contributed by atoms with Crippen molar-refractivity contribution in [2.24, 2.45) is 0 Å². The first-order chi connectivity index (χ1) is 16.6. The third-order valence-corrected chi connectivity index (χ3v) is 6.99. The van der Waals surface area contributed by atoms with E-state index in [1.807, 2.05) is 54.8 Å². The maximum atomic E-state index is 13.0. The van der Waals surface area contributed by atoms with E-state index in [-0.39, 0.29) is 11.8 Å². The minimum Gasteiger partial charge on any atom is -0.398 e. The number of hydrogen-bond donors (Lipinski definition) is 2. The highest BCUT2D eigenvalue weighted by molar-refractivity contribution is 7.98. The molecule has 1 aliphatic heterocycles. The second-order valence-electron chi connectivity index (χ2n) is 8.29. The summed E-state index contributed by atoms with van der Waals surface area (Å²) in [6, 6.07) is 25.5. The predicted octanol–water partition coefficient (Wildman–Crippen LogP) is 5.91. The van der Waals surface area contributed by atoms with Crippen molar-refractivity contribution in [2.45, 2.75) is 11.3 Å². The van der Waals surface area contributed by atoms with Gasteiger partial charge in [-0.1, -0.05) is 42.5 Å². The summed E-state index contributed by atoms with van der Waals surface area (Å²) in [5.74, 6) is -0.432. The number of hydrogen-bond acceptors (Lipinski definition) is 5. The Labute approximate surface area is 203 Å². The van der Waals surface area contributed by atoms with Crippen LogP contribution in [0.2, 0.25) is 0 Å². The van der Waals surface area contributed by atoms with Gasteiger partial charge in [0, 0.05) is 45.9 Å². The Morgan fingerprint density at radius 1 is 0.853 bits per heavy atom. The molecule has 0 saturated heterocycles. The van der Waals surface area contributed by atoms with Crippen LogP contribution in [-0.2, 0) is 0 Å². The standard InChI is InChI=1S/C28H25N3O2S/c1-34-25-17-20(11-14-24(25)29)18-9-12-21(13-10-18)30-15-4-16-31-27(32)22-7-2-5-19-6-3-8-23(26(19)22)28(31)33/h2-3,5-14,17,30H,4,15-16,29H2,1H3. The lowest BCUT2D eigenvalue weighted by Crippen LogP contribution is -2.41. The fourth-order valence-electron chi connectivity index (χ4n) is 4.42. The van der Waals surface area contributed by atoms with E-state index in [0.29, 0.717) is 30.6 Å². The maximum Gasteiger partial charge on any atom is 0.261 e. The number of thioether (sulfide) groups is 1. The molecule has 0 aliphatic carbocycles. The van der Waals surface area contributed by atoms with Gasteiger partial charge < -0.3 is 11.1 Å². The molecule has 1 heterocycles. The lowest BCUT2D eigenvalue weighted by Gasteiger charge is -2.27. The minimum absolute atomic E-state index is 0.216. The normalized spacial score (nSPS) is 12.9. The number of nitrogens with one attached hydrogen (secondary N) is 1. The fourth-order valence-corrected chi connectivity index (χ4v) is 4.97. The summed E-state index contributed by atoms with van der Waals surface area (Å²) in [7, 11) is 0. The first-order valence-electron chi connectivity index (χ1n) is 11.2. The van der Waals surface area contributed by atoms with Crippen LogP contribution in [0.1, 0.15) is 27.1 Å². The molecule has 0 atom stereocenters. The van der Waals surface area contributed by atoms with Crippen molar-refractivity contribution in [2.75, 3.05) is 30.4 Å². The summed E-state index contributed by atoms with van der Waals surface area (Å²) in [4.78, 5) is 28.4. The molecule has 170 valence electrons. The monoisotopic (exact) mass is 467 g/mol. The Kier molecular flexibility index (Phi) is 5.99. The number of nitrogen functional groups attached to an aromatic ring is 1. The lowest BCUT2D eigenvalue weighted by molar-refractivity contribution is 0.0610. The molecule has 0 bridgehead atoms. The molecule has 2 amide bonds. The number of carbonyl (C=O) groups is 2. The molecule has 0 saturated carbocycles. The van der Waals surface area contributed by atoms with Crippen molar-refractivity contribution < 1.29 is 9.59 Å². The number of anilines is 2. The van der Waals surface area contributed by atoms with E-state index in [4.69, 9.17) is 5.73 Å². The zero-order valence-corrected chi connectivity index (χ0v) is 19.7. The fraction of sp³-hybridized carbons (Fsp3) is 0.143. The first kappa shape index (κ1) is 22.0. The molecule has 1 aliphatic rings. The molecule has 4 aromatic carbocycles. The molecule has 34 heavy (non-hydrogen) atoms. The second kappa shape index (κ2) is 9.23. The summed E-state index contributed by atoms with van der Waals surface area (Å²) in [6.45, 7) is 1.02. The van der Waals surface area contributed by atoms with Crippen LogP contribution in [0.15, 0.2) is 83.8 Å². The van der Waals surface area contributed by atoms with Crippen LogP contribution >= 0.6 is 11.8 Å². The van der Waals surface area contributed by atoms with Gasteiger partial charge in [-0.05, 0) is 65.6 Å². The van der Waals surface area contributed by atoms with Gasteiger partial charge in [-0.15, -0.1) is 11.8 Å². The number of rotatable bonds is 7. The Hall–Kier alpha value is -3.77. The van der Waals surface area contributed by atoms with Gasteiger partial charge in [-0.3, -0.25) is 14.5 Å². The zero-order valence-electron chi connectivity index (χ0n) is 18.9. The average molecular weight is 468 g/mol. The quantitative estimate of drug-likeness (QED) is 0.153. The van der Waals surface area contributed by atoms with Gasteiger partial charge in [0.1, 0.15) is 0 Å². The molecule has 0 radical (unpaired) electrons. The predicted molar refractivity (Wildman–Crippen MR) is 140 cm³/mol. The van der Waals surface area contributed by atoms with E-state index in [0.717, 1.165) is 38.2 Å². The molecule has 5 nitrogen and oxygen atoms in total. The van der Waals surface area contributed by atoms with Crippen molar-refractivity contribution in [1.82, 2.24) is 4.90 Å². The van der Waals surface area contributed by atoms with E-state index >= 15 is 0 Å². The van der Waals surface area contributed by atoms with Crippen molar-refractivity contribution >= 4 is 45.7 Å². The number of amides is 2. The lowest BCUT2D eigenvalue weighted by atomic mass is 9.94. The number of benzene rings is 4. The minimum atomic E-state index is -0.216. The number of carbonyl (C=O) groups excluding carboxylic acids is 2. The molecule has 0 spiro atoms. The van der Waals surface area contributed by atoms with Crippen LogP contribution in [0.25, 0.3) is 21.9 Å². The van der Waals surface area contributed by atoms with E-state index in [2.05, 4.69) is 23.5 Å². The molecule has 5 rings (SSSR count). The van der Waals surface area contributed by atoms with E-state index < -0.39 is 0 Å². The third-order valence-electron chi connectivity index (χ3n) is 6.20. The Bertz CT molecular complexity index is 1350. The summed E-state index contributed by atoms with van der Waals surface area (Å²) >= 11 is 1.64. The molecule has 0 unspecified atom stereocenters. The molecular weight excluding hydrogens is 442 g/mol. The summed E-state index contributed by atoms with van der Waals surface area (Å²) in [6.07, 6.45) is 2.68. The SMILES string of the molecule is CSc1cc(-c2ccc(NCCCN3C(=O)c4cccc5cccc(c45)C3=O)cc2)ccc1N. The van der Waals surface area contributed by atoms with Gasteiger partial charge >= 0.3 is 0 Å². The number of imide groups is 1. The number of nitrogens with two attached hydrogens (primary N) is 1. The van der Waals surface area contributed by atoms with Gasteiger partial charge in [0.05, 0.1) is 0 Å². The van der Waals surface area contributed by atoms with Gasteiger partial charge in [-0.2, -0.15) is 0 Å². The molecule has 0 aromatic heterocycles. The summed E-state index contributed by atoms with van der Waals surface area (Å²) in [5.41, 5.74) is 11.2. The maximum absolute atomic E-state index is 13.0. The molecule has 0 fully saturated rings. The van der Waals surface area contributed by atoms with Crippen LogP contribution in [0, 0.1) is 0 Å². The third kappa shape index (κ3) is 4.01. The summed E-state index contributed by atoms with van der Waals surface area (Å²) in [5, 5.41) is 5.08. The highest BCUT2D eigenvalue weighted by Crippen LogP contribution is 2.31. The number of nitrogens with zero attached hydrogens (tertiary/aromatic N) is 1. The van der Waals surface area contributed by atoms with E-state index in [9.17, 15) is 9.59 Å². The first-order valence-corrected chi connectivity index (χ1v) is 12.4.